The van der Waals surface area contributed by atoms with Crippen LogP contribution in [0.1, 0.15) is 11.1 Å². The number of ketones is 1. The maximum atomic E-state index is 12.7. The SMILES string of the molecule is Cc1ccc(NC(=S)C2=C(NCc3ccnc(N)c3)CN(C(=O)O)CC2=O)cc1. The second-order valence-corrected chi connectivity index (χ2v) is 7.09. The largest absolute Gasteiger partial charge is 0.465 e. The van der Waals surface area contributed by atoms with Crippen molar-refractivity contribution in [3.63, 3.8) is 0 Å². The minimum Gasteiger partial charge on any atom is -0.465 e. The van der Waals surface area contributed by atoms with E-state index in [1.54, 1.807) is 18.3 Å². The number of nitrogens with zero attached hydrogens (tertiary/aromatic N) is 2. The Morgan fingerprint density at radius 3 is 2.66 bits per heavy atom. The summed E-state index contributed by atoms with van der Waals surface area (Å²) in [6.07, 6.45) is 0.420. The lowest BCUT2D eigenvalue weighted by Crippen LogP contribution is -2.45. The number of hydrogen-bond acceptors (Lipinski definition) is 6. The van der Waals surface area contributed by atoms with Crippen molar-refractivity contribution < 1.29 is 14.7 Å². The highest BCUT2D eigenvalue weighted by molar-refractivity contribution is 7.81. The highest BCUT2D eigenvalue weighted by Crippen LogP contribution is 2.19. The van der Waals surface area contributed by atoms with E-state index in [0.29, 0.717) is 23.6 Å². The number of rotatable bonds is 5. The number of nitrogens with two attached hydrogens (primary N) is 1. The van der Waals surface area contributed by atoms with Crippen LogP contribution in [0.4, 0.5) is 16.3 Å². The van der Waals surface area contributed by atoms with Crippen LogP contribution in [0.25, 0.3) is 0 Å². The fourth-order valence-corrected chi connectivity index (χ4v) is 3.29. The Labute approximate surface area is 173 Å². The van der Waals surface area contributed by atoms with E-state index in [-0.39, 0.29) is 23.9 Å². The van der Waals surface area contributed by atoms with Gasteiger partial charge >= 0.3 is 6.09 Å². The zero-order chi connectivity index (χ0) is 21.0. The molecule has 3 rings (SSSR count). The van der Waals surface area contributed by atoms with Crippen LogP contribution in [0.5, 0.6) is 0 Å². The van der Waals surface area contributed by atoms with E-state index >= 15 is 0 Å². The summed E-state index contributed by atoms with van der Waals surface area (Å²) in [5.41, 5.74) is 9.14. The Bertz CT molecular complexity index is 988. The van der Waals surface area contributed by atoms with Crippen LogP contribution in [0.3, 0.4) is 0 Å². The molecule has 9 heteroatoms. The summed E-state index contributed by atoms with van der Waals surface area (Å²) < 4.78 is 0. The zero-order valence-corrected chi connectivity index (χ0v) is 16.6. The molecule has 2 aromatic rings. The van der Waals surface area contributed by atoms with Crippen molar-refractivity contribution in [1.29, 1.82) is 0 Å². The van der Waals surface area contributed by atoms with Gasteiger partial charge in [-0.2, -0.15) is 0 Å². The topological polar surface area (TPSA) is 121 Å². The van der Waals surface area contributed by atoms with Gasteiger partial charge in [0.25, 0.3) is 0 Å². The van der Waals surface area contributed by atoms with Gasteiger partial charge in [-0.3, -0.25) is 9.69 Å². The number of pyridine rings is 1. The highest BCUT2D eigenvalue weighted by Gasteiger charge is 2.31. The number of hydrogen-bond donors (Lipinski definition) is 4. The van der Waals surface area contributed by atoms with Crippen molar-refractivity contribution in [2.45, 2.75) is 13.5 Å². The van der Waals surface area contributed by atoms with Crippen molar-refractivity contribution in [1.82, 2.24) is 15.2 Å². The first-order chi connectivity index (χ1) is 13.8. The summed E-state index contributed by atoms with van der Waals surface area (Å²) in [6, 6.07) is 11.1. The van der Waals surface area contributed by atoms with Crippen LogP contribution >= 0.6 is 12.2 Å². The monoisotopic (exact) mass is 411 g/mol. The molecule has 29 heavy (non-hydrogen) atoms. The zero-order valence-electron chi connectivity index (χ0n) is 15.8. The summed E-state index contributed by atoms with van der Waals surface area (Å²) in [7, 11) is 0. The molecule has 0 radical (unpaired) electrons. The third-order valence-corrected chi connectivity index (χ3v) is 4.73. The van der Waals surface area contributed by atoms with E-state index in [1.165, 1.54) is 0 Å². The van der Waals surface area contributed by atoms with Crippen molar-refractivity contribution in [2.75, 3.05) is 24.1 Å². The van der Waals surface area contributed by atoms with Crippen molar-refractivity contribution in [3.05, 3.63) is 65.0 Å². The van der Waals surface area contributed by atoms with Crippen LogP contribution in [-0.2, 0) is 11.3 Å². The van der Waals surface area contributed by atoms with Gasteiger partial charge in [0.1, 0.15) is 10.8 Å². The highest BCUT2D eigenvalue weighted by atomic mass is 32.1. The predicted molar refractivity (Wildman–Crippen MR) is 115 cm³/mol. The van der Waals surface area contributed by atoms with Crippen LogP contribution < -0.4 is 16.4 Å². The Morgan fingerprint density at radius 1 is 1.28 bits per heavy atom. The Morgan fingerprint density at radius 2 is 2.00 bits per heavy atom. The van der Waals surface area contributed by atoms with Gasteiger partial charge in [-0.15, -0.1) is 0 Å². The molecule has 150 valence electrons. The number of aryl methyl sites for hydroxylation is 1. The molecule has 0 saturated carbocycles. The summed E-state index contributed by atoms with van der Waals surface area (Å²) in [5.74, 6) is 0.0157. The van der Waals surface area contributed by atoms with Gasteiger partial charge < -0.3 is 21.5 Å². The normalized spacial score (nSPS) is 14.0. The first kappa shape index (κ1) is 20.3. The molecule has 8 nitrogen and oxygen atoms in total. The number of amides is 1. The lowest BCUT2D eigenvalue weighted by molar-refractivity contribution is -0.116. The summed E-state index contributed by atoms with van der Waals surface area (Å²) in [4.78, 5) is 29.4. The Hall–Kier alpha value is -3.46. The third-order valence-electron chi connectivity index (χ3n) is 4.42. The minimum absolute atomic E-state index is 0.0344. The molecule has 2 heterocycles. The van der Waals surface area contributed by atoms with Crippen LogP contribution in [-0.4, -0.2) is 44.9 Å². The van der Waals surface area contributed by atoms with Crippen molar-refractivity contribution in [3.8, 4) is 0 Å². The second kappa shape index (κ2) is 8.70. The van der Waals surface area contributed by atoms with Crippen LogP contribution in [0.15, 0.2) is 53.9 Å². The molecule has 1 aliphatic rings. The van der Waals surface area contributed by atoms with Crippen molar-refractivity contribution >= 4 is 40.6 Å². The first-order valence-electron chi connectivity index (χ1n) is 8.90. The molecule has 0 unspecified atom stereocenters. The fourth-order valence-electron chi connectivity index (χ4n) is 2.93. The fraction of sp³-hybridized carbons (Fsp3) is 0.200. The van der Waals surface area contributed by atoms with E-state index in [4.69, 9.17) is 18.0 Å². The summed E-state index contributed by atoms with van der Waals surface area (Å²) in [6.45, 7) is 2.11. The third kappa shape index (κ3) is 5.08. The Balaban J connectivity index is 1.86. The molecule has 1 aromatic heterocycles. The minimum atomic E-state index is -1.16. The standard InChI is InChI=1S/C20H21N5O3S/c1-12-2-4-14(5-3-12)24-19(29)18-15(10-25(20(27)28)11-16(18)26)23-9-13-6-7-22-17(21)8-13/h2-8,23H,9-11H2,1H3,(H2,21,22)(H,24,29)(H,27,28). The molecule has 0 spiro atoms. The lowest BCUT2D eigenvalue weighted by atomic mass is 10.0. The van der Waals surface area contributed by atoms with Crippen LogP contribution in [0, 0.1) is 6.92 Å². The number of thiocarbonyl (C=S) groups is 1. The molecule has 0 saturated heterocycles. The van der Waals surface area contributed by atoms with Gasteiger partial charge in [-0.25, -0.2) is 9.78 Å². The molecule has 5 N–H and O–H groups in total. The molecule has 1 amide bonds. The number of benzene rings is 1. The van der Waals surface area contributed by atoms with Gasteiger partial charge in [0.15, 0.2) is 5.78 Å². The average Bonchev–Trinajstić information content (AvgIpc) is 2.67. The number of nitrogens with one attached hydrogen (secondary N) is 2. The second-order valence-electron chi connectivity index (χ2n) is 6.68. The van der Waals surface area contributed by atoms with E-state index in [2.05, 4.69) is 15.6 Å². The summed E-state index contributed by atoms with van der Waals surface area (Å²) in [5, 5.41) is 15.5. The maximum Gasteiger partial charge on any atom is 0.408 e. The number of carboxylic acid groups (broad SMARTS) is 1. The number of carbonyl (C=O) groups excluding carboxylic acids is 1. The van der Waals surface area contributed by atoms with E-state index in [0.717, 1.165) is 21.7 Å². The number of aromatic nitrogens is 1. The first-order valence-corrected chi connectivity index (χ1v) is 9.31. The number of nitrogen functional groups attached to an aromatic ring is 1. The van der Waals surface area contributed by atoms with Gasteiger partial charge in [0.05, 0.1) is 18.7 Å². The number of anilines is 2. The molecular weight excluding hydrogens is 390 g/mol. The predicted octanol–water partition coefficient (Wildman–Crippen LogP) is 2.32. The van der Waals surface area contributed by atoms with Gasteiger partial charge in [0, 0.05) is 24.1 Å². The Kier molecular flexibility index (Phi) is 6.08. The number of Topliss-reactive ketones (excluding diaryl/α,β-unsaturated/α-hetero) is 1. The van der Waals surface area contributed by atoms with E-state index < -0.39 is 6.09 Å². The van der Waals surface area contributed by atoms with Crippen LogP contribution in [0.2, 0.25) is 0 Å². The quantitative estimate of drug-likeness (QED) is 0.553. The van der Waals surface area contributed by atoms with Gasteiger partial charge in [-0.1, -0.05) is 29.9 Å². The van der Waals surface area contributed by atoms with E-state index in [1.807, 2.05) is 31.2 Å². The molecule has 1 aliphatic heterocycles. The van der Waals surface area contributed by atoms with Gasteiger partial charge in [-0.05, 0) is 36.8 Å². The molecule has 0 aliphatic carbocycles. The number of carbonyl (C=O) groups is 2. The molecule has 0 bridgehead atoms. The van der Waals surface area contributed by atoms with Gasteiger partial charge in [0.2, 0.25) is 0 Å². The van der Waals surface area contributed by atoms with E-state index in [9.17, 15) is 14.7 Å². The lowest BCUT2D eigenvalue weighted by Gasteiger charge is -2.29. The molecule has 0 atom stereocenters. The molecule has 1 aromatic carbocycles. The maximum absolute atomic E-state index is 12.7. The average molecular weight is 411 g/mol. The summed E-state index contributed by atoms with van der Waals surface area (Å²) >= 11 is 5.47. The smallest absolute Gasteiger partial charge is 0.408 e. The molecule has 0 fully saturated rings. The molecular formula is C20H21N5O3S. The van der Waals surface area contributed by atoms with Crippen molar-refractivity contribution in [2.24, 2.45) is 0 Å².